The normalized spacial score (nSPS) is 23.2. The van der Waals surface area contributed by atoms with Crippen LogP contribution < -0.4 is 36.0 Å². The molecule has 16 nitrogen and oxygen atoms in total. The lowest BCUT2D eigenvalue weighted by Crippen LogP contribution is -2.62. The summed E-state index contributed by atoms with van der Waals surface area (Å²) in [6.45, 7) is 7.13. The number of alkyl halides is 2. The number of nitrogens with one attached hydrogen (secondary N) is 3. The number of hydrogen-bond acceptors (Lipinski definition) is 13. The minimum absolute atomic E-state index is 0.129. The van der Waals surface area contributed by atoms with Crippen LogP contribution in [0.25, 0.3) is 21.8 Å². The summed E-state index contributed by atoms with van der Waals surface area (Å²) < 4.78 is 39.3. The van der Waals surface area contributed by atoms with E-state index in [1.807, 2.05) is 37.7 Å². The van der Waals surface area contributed by atoms with Gasteiger partial charge >= 0.3 is 5.92 Å². The number of rotatable bonds is 9. The molecule has 7 heterocycles. The van der Waals surface area contributed by atoms with Crippen molar-refractivity contribution in [2.75, 3.05) is 66.3 Å². The number of piperidine rings is 2. The van der Waals surface area contributed by atoms with E-state index in [1.54, 1.807) is 31.4 Å². The van der Waals surface area contributed by atoms with Crippen molar-refractivity contribution in [2.45, 2.75) is 81.9 Å². The monoisotopic (exact) mass is 913 g/mol. The third-order valence-corrected chi connectivity index (χ3v) is 14.4. The fraction of sp³-hybridized carbons (Fsp3) is 0.522. The molecular weight excluding hydrogens is 860 g/mol. The number of carbonyl (C=O) groups excluding carboxylic acids is 2. The summed E-state index contributed by atoms with van der Waals surface area (Å²) in [7, 11) is 3.50. The van der Waals surface area contributed by atoms with Gasteiger partial charge in [0.05, 0.1) is 57.9 Å². The predicted octanol–water partition coefficient (Wildman–Crippen LogP) is 5.53. The molecule has 10 rings (SSSR count). The maximum atomic E-state index is 15.2. The Balaban J connectivity index is 0.826. The van der Waals surface area contributed by atoms with Gasteiger partial charge in [-0.25, -0.2) is 13.8 Å². The van der Waals surface area contributed by atoms with Crippen LogP contribution >= 0.6 is 11.6 Å². The Morgan fingerprint density at radius 3 is 2.52 bits per heavy atom. The molecule has 3 saturated heterocycles. The molecule has 2 amide bonds. The molecule has 344 valence electrons. The van der Waals surface area contributed by atoms with Gasteiger partial charge in [0.1, 0.15) is 5.02 Å². The fourth-order valence-electron chi connectivity index (χ4n) is 10.4. The SMILES string of the molecule is Cn1nc(C2CCC(=O)NC2=O)c2cccc(N3CCC(CN4CCN(c5ncc(Cl)c(Nc6ccc7c(c6)c6c(c(=O)n7C)OCC(F)(F)[C@H](C7CC7)N6)n5)C[C@@H]4C(C)(C)O)CC3)c21. The number of imide groups is 1. The minimum Gasteiger partial charge on any atom is -0.480 e. The third kappa shape index (κ3) is 8.11. The highest BCUT2D eigenvalue weighted by Gasteiger charge is 2.51. The van der Waals surface area contributed by atoms with Crippen LogP contribution in [0.2, 0.25) is 5.02 Å². The second-order valence-electron chi connectivity index (χ2n) is 19.0. The number of amides is 2. The zero-order valence-electron chi connectivity index (χ0n) is 36.9. The van der Waals surface area contributed by atoms with E-state index in [-0.39, 0.29) is 40.2 Å². The Labute approximate surface area is 379 Å². The summed E-state index contributed by atoms with van der Waals surface area (Å²) in [5.74, 6) is -3.28. The molecule has 65 heavy (non-hydrogen) atoms. The Kier molecular flexibility index (Phi) is 10.9. The zero-order chi connectivity index (χ0) is 45.5. The number of para-hydroxylation sites is 1. The highest BCUT2D eigenvalue weighted by Crippen LogP contribution is 2.46. The Hall–Kier alpha value is -5.59. The van der Waals surface area contributed by atoms with Crippen LogP contribution in [0, 0.1) is 11.8 Å². The lowest BCUT2D eigenvalue weighted by atomic mass is 9.90. The van der Waals surface area contributed by atoms with Crippen molar-refractivity contribution in [3.05, 3.63) is 63.7 Å². The first kappa shape index (κ1) is 43.3. The second-order valence-corrected chi connectivity index (χ2v) is 19.4. The molecule has 3 atom stereocenters. The topological polar surface area (TPSA) is 175 Å². The maximum absolute atomic E-state index is 15.2. The molecule has 4 N–H and O–H groups in total. The van der Waals surface area contributed by atoms with Gasteiger partial charge in [-0.2, -0.15) is 10.1 Å². The Bertz CT molecular complexity index is 2760. The number of piperazine rings is 1. The first-order chi connectivity index (χ1) is 31.0. The summed E-state index contributed by atoms with van der Waals surface area (Å²) in [6.07, 6.45) is 5.58. The predicted molar refractivity (Wildman–Crippen MR) is 245 cm³/mol. The number of fused-ring (bicyclic) bond motifs is 4. The van der Waals surface area contributed by atoms with Gasteiger partial charge in [0.15, 0.2) is 12.4 Å². The molecule has 1 aliphatic carbocycles. The quantitative estimate of drug-likeness (QED) is 0.136. The van der Waals surface area contributed by atoms with Crippen LogP contribution in [0.1, 0.15) is 64.0 Å². The molecule has 3 aromatic heterocycles. The van der Waals surface area contributed by atoms with E-state index in [2.05, 4.69) is 41.7 Å². The number of anilines is 5. The van der Waals surface area contributed by atoms with Gasteiger partial charge in [0.2, 0.25) is 23.5 Å². The molecule has 5 aliphatic rings. The molecule has 4 fully saturated rings. The molecule has 2 aromatic carbocycles. The van der Waals surface area contributed by atoms with Gasteiger partial charge in [-0.1, -0.05) is 23.7 Å². The molecule has 0 spiro atoms. The standard InChI is InChI=1S/C46H54ClF2N11O5/c1-45(2,64)34-23-60(19-18-59(34)22-25-14-16-58(17-15-25)33-7-5-6-28-36(55-57(4)38(28)33)29-11-13-35(61)52-42(29)62)44-50-21-31(47)41(54-44)51-27-10-12-32-30(20-27)37-39(43(63)56(32)3)65-24-46(48,49)40(53-37)26-8-9-26/h5-7,10,12,20-21,25-26,29,34,40,53,64H,8-9,11,13-19,22-24H2,1-4H3,(H,50,51,54)(H,52,61,62)/t29?,34-,40+/m1/s1. The van der Waals surface area contributed by atoms with Crippen LogP contribution in [0.5, 0.6) is 5.75 Å². The average Bonchev–Trinajstić information content (AvgIpc) is 4.08. The lowest BCUT2D eigenvalue weighted by molar-refractivity contribution is -0.134. The number of pyridine rings is 1. The van der Waals surface area contributed by atoms with E-state index >= 15 is 8.78 Å². The number of nitrogens with zero attached hydrogens (tertiary/aromatic N) is 8. The number of carbonyl (C=O) groups is 2. The second kappa shape index (κ2) is 16.4. The molecule has 5 aromatic rings. The zero-order valence-corrected chi connectivity index (χ0v) is 37.7. The lowest BCUT2D eigenvalue weighted by Gasteiger charge is -2.48. The fourth-order valence-corrected chi connectivity index (χ4v) is 10.5. The van der Waals surface area contributed by atoms with Crippen LogP contribution in [0.15, 0.2) is 47.4 Å². The molecule has 0 bridgehead atoms. The van der Waals surface area contributed by atoms with Crippen molar-refractivity contribution in [3.63, 3.8) is 0 Å². The summed E-state index contributed by atoms with van der Waals surface area (Å²) in [5.41, 5.74) is 2.62. The summed E-state index contributed by atoms with van der Waals surface area (Å²) in [6, 6.07) is 10.1. The van der Waals surface area contributed by atoms with E-state index in [1.165, 1.54) is 4.57 Å². The van der Waals surface area contributed by atoms with E-state index in [0.29, 0.717) is 85.3 Å². The molecule has 0 radical (unpaired) electrons. The van der Waals surface area contributed by atoms with Gasteiger partial charge in [-0.05, 0) is 82.1 Å². The number of halogens is 3. The van der Waals surface area contributed by atoms with Crippen LogP contribution in [-0.2, 0) is 23.7 Å². The largest absolute Gasteiger partial charge is 0.480 e. The highest BCUT2D eigenvalue weighted by molar-refractivity contribution is 6.33. The number of hydrogen-bond donors (Lipinski definition) is 4. The van der Waals surface area contributed by atoms with Gasteiger partial charge in [-0.15, -0.1) is 0 Å². The molecule has 4 aliphatic heterocycles. The van der Waals surface area contributed by atoms with E-state index in [0.717, 1.165) is 49.1 Å². The van der Waals surface area contributed by atoms with E-state index in [4.69, 9.17) is 26.4 Å². The molecule has 1 saturated carbocycles. The molecular formula is C46H54ClF2N11O5. The average molecular weight is 914 g/mol. The van der Waals surface area contributed by atoms with Gasteiger partial charge < -0.3 is 34.8 Å². The smallest absolute Gasteiger partial charge is 0.301 e. The van der Waals surface area contributed by atoms with Crippen LogP contribution in [-0.4, -0.2) is 116 Å². The van der Waals surface area contributed by atoms with Gasteiger partial charge in [0, 0.05) is 76.2 Å². The van der Waals surface area contributed by atoms with Gasteiger partial charge in [-0.3, -0.25) is 29.3 Å². The summed E-state index contributed by atoms with van der Waals surface area (Å²) >= 11 is 6.69. The van der Waals surface area contributed by atoms with Crippen molar-refractivity contribution in [2.24, 2.45) is 25.9 Å². The third-order valence-electron chi connectivity index (χ3n) is 14.1. The number of aromatic nitrogens is 5. The number of aryl methyl sites for hydroxylation is 2. The van der Waals surface area contributed by atoms with E-state index < -0.39 is 35.6 Å². The number of aliphatic hydroxyl groups is 1. The van der Waals surface area contributed by atoms with Crippen LogP contribution in [0.4, 0.5) is 37.6 Å². The molecule has 19 heteroatoms. The van der Waals surface area contributed by atoms with Crippen molar-refractivity contribution in [1.82, 2.24) is 34.5 Å². The highest BCUT2D eigenvalue weighted by atomic mass is 35.5. The van der Waals surface area contributed by atoms with E-state index in [9.17, 15) is 19.5 Å². The number of ether oxygens (including phenoxy) is 1. The summed E-state index contributed by atoms with van der Waals surface area (Å²) in [5, 5.41) is 26.9. The minimum atomic E-state index is -3.15. The summed E-state index contributed by atoms with van der Waals surface area (Å²) in [4.78, 5) is 54.3. The Morgan fingerprint density at radius 2 is 1.78 bits per heavy atom. The molecule has 1 unspecified atom stereocenters. The van der Waals surface area contributed by atoms with Crippen molar-refractivity contribution < 1.29 is 28.2 Å². The maximum Gasteiger partial charge on any atom is 0.301 e. The van der Waals surface area contributed by atoms with Crippen molar-refractivity contribution in [1.29, 1.82) is 0 Å². The first-order valence-corrected chi connectivity index (χ1v) is 22.9. The van der Waals surface area contributed by atoms with Crippen molar-refractivity contribution in [3.8, 4) is 5.75 Å². The Morgan fingerprint density at radius 1 is 1.00 bits per heavy atom. The van der Waals surface area contributed by atoms with Crippen molar-refractivity contribution >= 4 is 74.0 Å². The first-order valence-electron chi connectivity index (χ1n) is 22.5. The number of benzene rings is 2. The van der Waals surface area contributed by atoms with Gasteiger partial charge in [0.25, 0.3) is 5.56 Å². The van der Waals surface area contributed by atoms with Crippen LogP contribution in [0.3, 0.4) is 0 Å².